The summed E-state index contributed by atoms with van der Waals surface area (Å²) in [6, 6.07) is 0. The van der Waals surface area contributed by atoms with Crippen LogP contribution in [0, 0.1) is 5.82 Å². The molecule has 0 saturated carbocycles. The van der Waals surface area contributed by atoms with Gasteiger partial charge in [0.15, 0.2) is 11.6 Å². The summed E-state index contributed by atoms with van der Waals surface area (Å²) >= 11 is 0. The Hall–Kier alpha value is -1.52. The Morgan fingerprint density at radius 1 is 1.38 bits per heavy atom. The van der Waals surface area contributed by atoms with Crippen LogP contribution in [0.3, 0.4) is 0 Å². The lowest BCUT2D eigenvalue weighted by Crippen LogP contribution is -2.47. The van der Waals surface area contributed by atoms with E-state index in [0.29, 0.717) is 31.5 Å². The van der Waals surface area contributed by atoms with Gasteiger partial charge in [0.2, 0.25) is 16.0 Å². The molecule has 0 spiro atoms. The summed E-state index contributed by atoms with van der Waals surface area (Å²) in [7, 11) is -3.23. The highest BCUT2D eigenvalue weighted by atomic mass is 32.2. The summed E-state index contributed by atoms with van der Waals surface area (Å²) in [5, 5.41) is 3.02. The van der Waals surface area contributed by atoms with Crippen LogP contribution in [0.2, 0.25) is 0 Å². The predicted molar refractivity (Wildman–Crippen MR) is 88.1 cm³/mol. The number of halogens is 1. The molecule has 0 aliphatic carbocycles. The molecule has 8 nitrogen and oxygen atoms in total. The average molecular weight is 359 g/mol. The third kappa shape index (κ3) is 4.11. The van der Waals surface area contributed by atoms with Gasteiger partial charge in [0.1, 0.15) is 0 Å². The van der Waals surface area contributed by atoms with Crippen LogP contribution in [0.4, 0.5) is 16.2 Å². The SMILES string of the molecule is CS(=O)(=O)N1CCOC(CNc2ncc(F)c(N3CCCC3)n2)C1. The van der Waals surface area contributed by atoms with Crippen LogP contribution in [0.15, 0.2) is 6.20 Å². The monoisotopic (exact) mass is 359 g/mol. The minimum atomic E-state index is -3.23. The Kier molecular flexibility index (Phi) is 5.16. The van der Waals surface area contributed by atoms with Gasteiger partial charge in [-0.05, 0) is 12.8 Å². The molecule has 3 heterocycles. The Bertz CT molecular complexity index is 681. The van der Waals surface area contributed by atoms with E-state index in [1.165, 1.54) is 10.6 Å². The molecule has 2 aliphatic rings. The highest BCUT2D eigenvalue weighted by molar-refractivity contribution is 7.88. The van der Waals surface area contributed by atoms with Crippen molar-refractivity contribution >= 4 is 21.8 Å². The molecule has 2 fully saturated rings. The second-order valence-electron chi connectivity index (χ2n) is 6.05. The van der Waals surface area contributed by atoms with Crippen molar-refractivity contribution in [3.8, 4) is 0 Å². The molecule has 0 amide bonds. The van der Waals surface area contributed by atoms with Crippen molar-refractivity contribution in [3.63, 3.8) is 0 Å². The number of hydrogen-bond acceptors (Lipinski definition) is 7. The summed E-state index contributed by atoms with van der Waals surface area (Å²) < 4.78 is 44.1. The molecule has 1 unspecified atom stereocenters. The van der Waals surface area contributed by atoms with Gasteiger partial charge >= 0.3 is 0 Å². The zero-order valence-electron chi connectivity index (χ0n) is 13.6. The zero-order chi connectivity index (χ0) is 17.2. The second-order valence-corrected chi connectivity index (χ2v) is 8.04. The van der Waals surface area contributed by atoms with Crippen LogP contribution >= 0.6 is 0 Å². The fourth-order valence-electron chi connectivity index (χ4n) is 2.92. The highest BCUT2D eigenvalue weighted by Gasteiger charge is 2.26. The third-order valence-corrected chi connectivity index (χ3v) is 5.46. The largest absolute Gasteiger partial charge is 0.374 e. The number of sulfonamides is 1. The molecule has 1 atom stereocenters. The van der Waals surface area contributed by atoms with E-state index < -0.39 is 15.8 Å². The fraction of sp³-hybridized carbons (Fsp3) is 0.714. The number of nitrogens with zero attached hydrogens (tertiary/aromatic N) is 4. The normalized spacial score (nSPS) is 22.8. The zero-order valence-corrected chi connectivity index (χ0v) is 14.4. The molecule has 24 heavy (non-hydrogen) atoms. The number of nitrogens with one attached hydrogen (secondary N) is 1. The molecule has 3 rings (SSSR count). The lowest BCUT2D eigenvalue weighted by atomic mass is 10.3. The Labute approximate surface area is 141 Å². The number of morpholine rings is 1. The molecule has 0 radical (unpaired) electrons. The summed E-state index contributed by atoms with van der Waals surface area (Å²) in [6.45, 7) is 2.94. The Balaban J connectivity index is 1.61. The Morgan fingerprint density at radius 2 is 2.12 bits per heavy atom. The number of aromatic nitrogens is 2. The van der Waals surface area contributed by atoms with Gasteiger partial charge in [-0.25, -0.2) is 17.8 Å². The first kappa shape index (κ1) is 17.3. The van der Waals surface area contributed by atoms with E-state index in [0.717, 1.165) is 32.1 Å². The molecule has 2 saturated heterocycles. The summed E-state index contributed by atoms with van der Waals surface area (Å²) in [4.78, 5) is 10.1. The maximum Gasteiger partial charge on any atom is 0.224 e. The van der Waals surface area contributed by atoms with Crippen LogP contribution in [-0.4, -0.2) is 74.4 Å². The quantitative estimate of drug-likeness (QED) is 0.808. The summed E-state index contributed by atoms with van der Waals surface area (Å²) in [5.41, 5.74) is 0. The molecular weight excluding hydrogens is 337 g/mol. The van der Waals surface area contributed by atoms with Gasteiger partial charge in [0.05, 0.1) is 25.2 Å². The molecular formula is C14H22FN5O3S. The van der Waals surface area contributed by atoms with E-state index in [1.807, 2.05) is 4.90 Å². The van der Waals surface area contributed by atoms with Crippen LogP contribution in [0.5, 0.6) is 0 Å². The lowest BCUT2D eigenvalue weighted by molar-refractivity contribution is 0.00696. The van der Waals surface area contributed by atoms with Crippen molar-refractivity contribution < 1.29 is 17.5 Å². The summed E-state index contributed by atoms with van der Waals surface area (Å²) in [6.07, 6.45) is 4.12. The van der Waals surface area contributed by atoms with Gasteiger partial charge in [-0.15, -0.1) is 0 Å². The van der Waals surface area contributed by atoms with Crippen LogP contribution in [-0.2, 0) is 14.8 Å². The molecule has 0 aromatic carbocycles. The van der Waals surface area contributed by atoms with E-state index in [2.05, 4.69) is 15.3 Å². The predicted octanol–water partition coefficient (Wildman–Crippen LogP) is 0.288. The minimum Gasteiger partial charge on any atom is -0.374 e. The van der Waals surface area contributed by atoms with Gasteiger partial charge in [0, 0.05) is 32.7 Å². The van der Waals surface area contributed by atoms with Crippen LogP contribution in [0.1, 0.15) is 12.8 Å². The molecule has 1 N–H and O–H groups in total. The van der Waals surface area contributed by atoms with Crippen molar-refractivity contribution in [2.75, 3.05) is 55.8 Å². The van der Waals surface area contributed by atoms with Gasteiger partial charge in [-0.2, -0.15) is 9.29 Å². The second kappa shape index (κ2) is 7.16. The molecule has 1 aromatic rings. The van der Waals surface area contributed by atoms with Gasteiger partial charge in [-0.3, -0.25) is 0 Å². The van der Waals surface area contributed by atoms with Crippen molar-refractivity contribution in [3.05, 3.63) is 12.0 Å². The fourth-order valence-corrected chi connectivity index (χ4v) is 3.76. The van der Waals surface area contributed by atoms with Crippen molar-refractivity contribution in [1.29, 1.82) is 0 Å². The molecule has 10 heteroatoms. The molecule has 134 valence electrons. The van der Waals surface area contributed by atoms with Gasteiger partial charge in [-0.1, -0.05) is 0 Å². The van der Waals surface area contributed by atoms with Crippen LogP contribution < -0.4 is 10.2 Å². The van der Waals surface area contributed by atoms with Crippen molar-refractivity contribution in [2.24, 2.45) is 0 Å². The van der Waals surface area contributed by atoms with E-state index in [1.54, 1.807) is 0 Å². The molecule has 2 aliphatic heterocycles. The first-order valence-electron chi connectivity index (χ1n) is 8.01. The summed E-state index contributed by atoms with van der Waals surface area (Å²) in [5.74, 6) is 0.199. The first-order valence-corrected chi connectivity index (χ1v) is 9.86. The van der Waals surface area contributed by atoms with Gasteiger partial charge in [0.25, 0.3) is 0 Å². The van der Waals surface area contributed by atoms with E-state index in [4.69, 9.17) is 4.74 Å². The van der Waals surface area contributed by atoms with Crippen LogP contribution in [0.25, 0.3) is 0 Å². The molecule has 1 aromatic heterocycles. The number of hydrogen-bond donors (Lipinski definition) is 1. The number of rotatable bonds is 5. The maximum atomic E-state index is 13.9. The maximum absolute atomic E-state index is 13.9. The molecule has 0 bridgehead atoms. The van der Waals surface area contributed by atoms with Crippen molar-refractivity contribution in [2.45, 2.75) is 18.9 Å². The number of anilines is 2. The van der Waals surface area contributed by atoms with E-state index in [9.17, 15) is 12.8 Å². The average Bonchev–Trinajstić information content (AvgIpc) is 3.08. The Morgan fingerprint density at radius 3 is 2.83 bits per heavy atom. The number of ether oxygens (including phenoxy) is 1. The lowest BCUT2D eigenvalue weighted by Gasteiger charge is -2.31. The van der Waals surface area contributed by atoms with E-state index >= 15 is 0 Å². The third-order valence-electron chi connectivity index (χ3n) is 4.19. The topological polar surface area (TPSA) is 87.7 Å². The van der Waals surface area contributed by atoms with E-state index in [-0.39, 0.29) is 12.6 Å². The smallest absolute Gasteiger partial charge is 0.224 e. The first-order chi connectivity index (χ1) is 11.4. The van der Waals surface area contributed by atoms with Crippen molar-refractivity contribution in [1.82, 2.24) is 14.3 Å². The highest BCUT2D eigenvalue weighted by Crippen LogP contribution is 2.22. The van der Waals surface area contributed by atoms with Gasteiger partial charge < -0.3 is 15.0 Å². The standard InChI is InChI=1S/C14H22FN5O3S/c1-24(21,22)20-6-7-23-11(10-20)8-16-14-17-9-12(15)13(18-14)19-4-2-3-5-19/h9,11H,2-8,10H2,1H3,(H,16,17,18). The minimum absolute atomic E-state index is 0.284.